The van der Waals surface area contributed by atoms with Crippen molar-refractivity contribution < 1.29 is 23.8 Å². The first kappa shape index (κ1) is 14.3. The van der Waals surface area contributed by atoms with Crippen LogP contribution in [-0.4, -0.2) is 41.7 Å². The standard InChI is InChI=1S/C16H18N2O5/c1-22-16(21)12-5-13-11(17-12)4-14(23-13)15(20)18-10-2-7(6-19)8-3-9(8)10/h4-5,7-10,17,19H,2-3,6H2,1H3,(H,18,20)/t7-,8-,9-,10-/m0/s1. The van der Waals surface area contributed by atoms with E-state index in [1.165, 1.54) is 13.2 Å². The van der Waals surface area contributed by atoms with Crippen molar-refractivity contribution in [3.05, 3.63) is 23.6 Å². The van der Waals surface area contributed by atoms with Crippen LogP contribution in [-0.2, 0) is 4.74 Å². The number of fused-ring (bicyclic) bond motifs is 2. The average Bonchev–Trinajstić information content (AvgIpc) is 2.90. The number of aliphatic hydroxyl groups is 1. The monoisotopic (exact) mass is 318 g/mol. The van der Waals surface area contributed by atoms with E-state index in [9.17, 15) is 14.7 Å². The molecule has 2 fully saturated rings. The smallest absolute Gasteiger partial charge is 0.354 e. The van der Waals surface area contributed by atoms with Crippen molar-refractivity contribution in [1.82, 2.24) is 10.3 Å². The number of aromatic nitrogens is 1. The lowest BCUT2D eigenvalue weighted by molar-refractivity contribution is 0.0595. The number of H-pyrrole nitrogens is 1. The van der Waals surface area contributed by atoms with E-state index < -0.39 is 5.97 Å². The Morgan fingerprint density at radius 2 is 2.22 bits per heavy atom. The summed E-state index contributed by atoms with van der Waals surface area (Å²) in [6, 6.07) is 3.21. The highest BCUT2D eigenvalue weighted by Gasteiger charge is 2.54. The van der Waals surface area contributed by atoms with Crippen LogP contribution in [0.15, 0.2) is 16.5 Å². The second-order valence-corrected chi connectivity index (χ2v) is 6.38. The molecule has 7 nitrogen and oxygen atoms in total. The first-order valence-electron chi connectivity index (χ1n) is 7.73. The summed E-state index contributed by atoms with van der Waals surface area (Å²) in [5, 5.41) is 12.3. The number of carbonyl (C=O) groups is 2. The van der Waals surface area contributed by atoms with E-state index >= 15 is 0 Å². The summed E-state index contributed by atoms with van der Waals surface area (Å²) in [7, 11) is 1.30. The van der Waals surface area contributed by atoms with Crippen LogP contribution >= 0.6 is 0 Å². The summed E-state index contributed by atoms with van der Waals surface area (Å²) >= 11 is 0. The number of ether oxygens (including phenoxy) is 1. The third kappa shape index (κ3) is 2.31. The summed E-state index contributed by atoms with van der Waals surface area (Å²) in [4.78, 5) is 26.6. The molecule has 0 saturated heterocycles. The molecule has 23 heavy (non-hydrogen) atoms. The molecule has 2 aromatic rings. The minimum atomic E-state index is -0.483. The number of furan rings is 1. The fourth-order valence-corrected chi connectivity index (χ4v) is 3.79. The van der Waals surface area contributed by atoms with E-state index in [0.717, 1.165) is 12.8 Å². The van der Waals surface area contributed by atoms with Crippen molar-refractivity contribution in [1.29, 1.82) is 0 Å². The fourth-order valence-electron chi connectivity index (χ4n) is 3.79. The van der Waals surface area contributed by atoms with Crippen LogP contribution in [0.1, 0.15) is 33.9 Å². The van der Waals surface area contributed by atoms with Crippen molar-refractivity contribution in [2.45, 2.75) is 18.9 Å². The molecule has 0 radical (unpaired) electrons. The van der Waals surface area contributed by atoms with E-state index in [-0.39, 0.29) is 30.0 Å². The summed E-state index contributed by atoms with van der Waals surface area (Å²) < 4.78 is 10.1. The van der Waals surface area contributed by atoms with Gasteiger partial charge in [-0.2, -0.15) is 0 Å². The number of amides is 1. The number of aliphatic hydroxyl groups excluding tert-OH is 1. The maximum atomic E-state index is 12.3. The highest BCUT2D eigenvalue weighted by Crippen LogP contribution is 2.55. The van der Waals surface area contributed by atoms with Gasteiger partial charge in [0.25, 0.3) is 5.91 Å². The van der Waals surface area contributed by atoms with Crippen molar-refractivity contribution in [3.63, 3.8) is 0 Å². The third-order valence-corrected chi connectivity index (χ3v) is 5.06. The molecule has 0 aromatic carbocycles. The largest absolute Gasteiger partial charge is 0.464 e. The van der Waals surface area contributed by atoms with Crippen LogP contribution in [0.5, 0.6) is 0 Å². The molecular weight excluding hydrogens is 300 g/mol. The quantitative estimate of drug-likeness (QED) is 0.737. The zero-order valence-corrected chi connectivity index (χ0v) is 12.7. The number of rotatable bonds is 4. The normalized spacial score (nSPS) is 28.6. The predicted octanol–water partition coefficient (Wildman–Crippen LogP) is 1.29. The van der Waals surface area contributed by atoms with Gasteiger partial charge in [0.05, 0.1) is 12.6 Å². The third-order valence-electron chi connectivity index (χ3n) is 5.06. The zero-order chi connectivity index (χ0) is 16.1. The maximum Gasteiger partial charge on any atom is 0.354 e. The highest BCUT2D eigenvalue weighted by molar-refractivity contribution is 5.98. The minimum Gasteiger partial charge on any atom is -0.464 e. The molecule has 122 valence electrons. The molecule has 3 N–H and O–H groups in total. The van der Waals surface area contributed by atoms with Crippen molar-refractivity contribution in [2.75, 3.05) is 13.7 Å². The molecule has 0 bridgehead atoms. The predicted molar refractivity (Wildman–Crippen MR) is 79.9 cm³/mol. The van der Waals surface area contributed by atoms with Gasteiger partial charge in [0.15, 0.2) is 11.3 Å². The SMILES string of the molecule is COC(=O)c1cc2oc(C(=O)N[C@H]3C[C@@H](CO)[C@@H]4C[C@@H]43)cc2[nH]1. The van der Waals surface area contributed by atoms with Gasteiger partial charge in [-0.05, 0) is 30.6 Å². The molecule has 0 spiro atoms. The summed E-state index contributed by atoms with van der Waals surface area (Å²) in [5.74, 6) is 0.819. The van der Waals surface area contributed by atoms with Gasteiger partial charge in [0, 0.05) is 24.8 Å². The Kier molecular flexibility index (Phi) is 3.19. The first-order valence-corrected chi connectivity index (χ1v) is 7.73. The van der Waals surface area contributed by atoms with Gasteiger partial charge in [0.1, 0.15) is 5.69 Å². The molecule has 2 saturated carbocycles. The van der Waals surface area contributed by atoms with Gasteiger partial charge in [-0.1, -0.05) is 0 Å². The lowest BCUT2D eigenvalue weighted by Gasteiger charge is -2.15. The molecule has 4 rings (SSSR count). The topological polar surface area (TPSA) is 105 Å². The maximum absolute atomic E-state index is 12.3. The van der Waals surface area contributed by atoms with Crippen LogP contribution in [0.3, 0.4) is 0 Å². The van der Waals surface area contributed by atoms with E-state index in [4.69, 9.17) is 4.42 Å². The number of esters is 1. The van der Waals surface area contributed by atoms with E-state index in [0.29, 0.717) is 28.9 Å². The highest BCUT2D eigenvalue weighted by atomic mass is 16.5. The lowest BCUT2D eigenvalue weighted by atomic mass is 10.0. The van der Waals surface area contributed by atoms with E-state index in [1.807, 2.05) is 0 Å². The Morgan fingerprint density at radius 3 is 2.87 bits per heavy atom. The Balaban J connectivity index is 1.47. The van der Waals surface area contributed by atoms with Crippen LogP contribution in [0.2, 0.25) is 0 Å². The molecule has 7 heteroatoms. The molecule has 2 aliphatic carbocycles. The van der Waals surface area contributed by atoms with Gasteiger partial charge in [-0.25, -0.2) is 4.79 Å². The summed E-state index contributed by atoms with van der Waals surface area (Å²) in [6.45, 7) is 0.188. The number of nitrogens with one attached hydrogen (secondary N) is 2. The second kappa shape index (κ2) is 5.13. The molecule has 4 atom stereocenters. The van der Waals surface area contributed by atoms with Crippen molar-refractivity contribution in [2.24, 2.45) is 17.8 Å². The van der Waals surface area contributed by atoms with Gasteiger partial charge in [0.2, 0.25) is 0 Å². The molecule has 1 amide bonds. The Labute approximate surface area is 132 Å². The van der Waals surface area contributed by atoms with Crippen LogP contribution < -0.4 is 5.32 Å². The molecule has 0 unspecified atom stereocenters. The van der Waals surface area contributed by atoms with Gasteiger partial charge >= 0.3 is 5.97 Å². The number of methoxy groups -OCH3 is 1. The summed E-state index contributed by atoms with van der Waals surface area (Å²) in [5.41, 5.74) is 1.31. The van der Waals surface area contributed by atoms with E-state index in [2.05, 4.69) is 15.0 Å². The summed E-state index contributed by atoms with van der Waals surface area (Å²) in [6.07, 6.45) is 1.90. The van der Waals surface area contributed by atoms with Crippen molar-refractivity contribution in [3.8, 4) is 0 Å². The number of carbonyl (C=O) groups excluding carboxylic acids is 2. The molecular formula is C16H18N2O5. The zero-order valence-electron chi connectivity index (χ0n) is 12.7. The molecule has 2 heterocycles. The number of hydrogen-bond donors (Lipinski definition) is 3. The van der Waals surface area contributed by atoms with Crippen LogP contribution in [0, 0.1) is 17.8 Å². The van der Waals surface area contributed by atoms with Gasteiger partial charge < -0.3 is 24.6 Å². The van der Waals surface area contributed by atoms with Crippen molar-refractivity contribution >= 4 is 23.0 Å². The van der Waals surface area contributed by atoms with Gasteiger partial charge in [-0.3, -0.25) is 4.79 Å². The molecule has 2 aromatic heterocycles. The Hall–Kier alpha value is -2.28. The lowest BCUT2D eigenvalue weighted by Crippen LogP contribution is -2.35. The first-order chi connectivity index (χ1) is 11.1. The minimum absolute atomic E-state index is 0.110. The van der Waals surface area contributed by atoms with Crippen LogP contribution in [0.25, 0.3) is 11.1 Å². The van der Waals surface area contributed by atoms with Crippen LogP contribution in [0.4, 0.5) is 0 Å². The molecule has 0 aliphatic heterocycles. The number of aromatic amines is 1. The average molecular weight is 318 g/mol. The Bertz CT molecular complexity index is 745. The fraction of sp³-hybridized carbons (Fsp3) is 0.500. The van der Waals surface area contributed by atoms with E-state index in [1.54, 1.807) is 6.07 Å². The molecule has 2 aliphatic rings. The number of hydrogen-bond acceptors (Lipinski definition) is 5. The Morgan fingerprint density at radius 1 is 1.39 bits per heavy atom. The van der Waals surface area contributed by atoms with Gasteiger partial charge in [-0.15, -0.1) is 0 Å². The second-order valence-electron chi connectivity index (χ2n) is 6.38.